The molecule has 0 saturated carbocycles. The summed E-state index contributed by atoms with van der Waals surface area (Å²) in [4.78, 5) is 3.48. The molecule has 1 nitrogen and oxygen atoms in total. The predicted molar refractivity (Wildman–Crippen MR) is 135 cm³/mol. The van der Waals surface area contributed by atoms with Gasteiger partial charge >= 0.3 is 0 Å². The molecular formula is C28H40ClN. The molecule has 1 N–H and O–H groups in total. The average molecular weight is 426 g/mol. The Balaban J connectivity index is 1.25. The molecule has 0 aliphatic heterocycles. The normalized spacial score (nSPS) is 11.7. The molecule has 0 saturated heterocycles. The summed E-state index contributed by atoms with van der Waals surface area (Å²) < 4.78 is 0. The Morgan fingerprint density at radius 3 is 1.83 bits per heavy atom. The summed E-state index contributed by atoms with van der Waals surface area (Å²) >= 11 is 6.13. The Hall–Kier alpha value is -1.47. The van der Waals surface area contributed by atoms with E-state index in [1.54, 1.807) is 0 Å². The van der Waals surface area contributed by atoms with E-state index in [-0.39, 0.29) is 0 Å². The summed E-state index contributed by atoms with van der Waals surface area (Å²) in [7, 11) is 0. The van der Waals surface area contributed by atoms with Crippen molar-refractivity contribution in [1.82, 2.24) is 4.98 Å². The van der Waals surface area contributed by atoms with Gasteiger partial charge in [0, 0.05) is 26.8 Å². The van der Waals surface area contributed by atoms with Gasteiger partial charge < -0.3 is 4.98 Å². The molecule has 30 heavy (non-hydrogen) atoms. The molecule has 0 amide bonds. The Morgan fingerprint density at radius 2 is 1.20 bits per heavy atom. The second-order valence-corrected chi connectivity index (χ2v) is 9.48. The SMILES string of the molecule is CCCCCCCCCCCCCCCCc1ccc2[nH]c3cc(Cl)ccc3c2c1. The van der Waals surface area contributed by atoms with Crippen LogP contribution < -0.4 is 0 Å². The molecule has 0 unspecified atom stereocenters. The number of aromatic amines is 1. The van der Waals surface area contributed by atoms with Crippen molar-refractivity contribution in [1.29, 1.82) is 0 Å². The van der Waals surface area contributed by atoms with Crippen LogP contribution in [0.25, 0.3) is 21.8 Å². The average Bonchev–Trinajstić information content (AvgIpc) is 3.10. The Labute approximate surface area is 188 Å². The summed E-state index contributed by atoms with van der Waals surface area (Å²) in [6.45, 7) is 2.29. The third-order valence-corrected chi connectivity index (χ3v) is 6.68. The second-order valence-electron chi connectivity index (χ2n) is 9.04. The Kier molecular flexibility index (Phi) is 10.1. The van der Waals surface area contributed by atoms with Gasteiger partial charge in [0.1, 0.15) is 0 Å². The van der Waals surface area contributed by atoms with Crippen molar-refractivity contribution in [2.75, 3.05) is 0 Å². The zero-order valence-corrected chi connectivity index (χ0v) is 19.7. The summed E-state index contributed by atoms with van der Waals surface area (Å²) in [5, 5.41) is 3.39. The molecule has 0 aliphatic rings. The fraction of sp³-hybridized carbons (Fsp3) is 0.571. The van der Waals surface area contributed by atoms with Crippen LogP contribution in [0.1, 0.15) is 102 Å². The lowest BCUT2D eigenvalue weighted by atomic mass is 10.0. The smallest absolute Gasteiger partial charge is 0.0479 e. The third kappa shape index (κ3) is 7.34. The van der Waals surface area contributed by atoms with Crippen molar-refractivity contribution in [2.24, 2.45) is 0 Å². The first-order chi connectivity index (χ1) is 14.8. The first-order valence-corrected chi connectivity index (χ1v) is 12.9. The van der Waals surface area contributed by atoms with Gasteiger partial charge in [0.2, 0.25) is 0 Å². The van der Waals surface area contributed by atoms with E-state index < -0.39 is 0 Å². The number of nitrogens with one attached hydrogen (secondary N) is 1. The van der Waals surface area contributed by atoms with Gasteiger partial charge in [-0.2, -0.15) is 0 Å². The molecule has 2 heteroatoms. The first-order valence-electron chi connectivity index (χ1n) is 12.5. The zero-order chi connectivity index (χ0) is 21.0. The maximum absolute atomic E-state index is 6.13. The number of fused-ring (bicyclic) bond motifs is 3. The van der Waals surface area contributed by atoms with Crippen LogP contribution in [0.15, 0.2) is 36.4 Å². The van der Waals surface area contributed by atoms with Crippen LogP contribution in [0.3, 0.4) is 0 Å². The molecule has 164 valence electrons. The molecule has 0 aliphatic carbocycles. The summed E-state index contributed by atoms with van der Waals surface area (Å²) in [6.07, 6.45) is 21.0. The minimum Gasteiger partial charge on any atom is -0.354 e. The van der Waals surface area contributed by atoms with Crippen LogP contribution >= 0.6 is 11.6 Å². The number of H-pyrrole nitrogens is 1. The second kappa shape index (κ2) is 13.1. The van der Waals surface area contributed by atoms with E-state index in [9.17, 15) is 0 Å². The lowest BCUT2D eigenvalue weighted by Crippen LogP contribution is -1.87. The number of hydrogen-bond donors (Lipinski definition) is 1. The number of aryl methyl sites for hydroxylation is 1. The lowest BCUT2D eigenvalue weighted by molar-refractivity contribution is 0.535. The van der Waals surface area contributed by atoms with Crippen LogP contribution in [0, 0.1) is 0 Å². The number of halogens is 1. The number of aromatic nitrogens is 1. The van der Waals surface area contributed by atoms with E-state index in [1.807, 2.05) is 12.1 Å². The monoisotopic (exact) mass is 425 g/mol. The van der Waals surface area contributed by atoms with Gasteiger partial charge in [0.05, 0.1) is 0 Å². The van der Waals surface area contributed by atoms with Gasteiger partial charge in [-0.3, -0.25) is 0 Å². The Bertz CT molecular complexity index is 879. The summed E-state index contributed by atoms with van der Waals surface area (Å²) in [6, 6.07) is 13.0. The van der Waals surface area contributed by atoms with E-state index in [0.717, 1.165) is 10.5 Å². The lowest BCUT2D eigenvalue weighted by Gasteiger charge is -2.04. The van der Waals surface area contributed by atoms with E-state index >= 15 is 0 Å². The van der Waals surface area contributed by atoms with Crippen LogP contribution in [0.4, 0.5) is 0 Å². The Morgan fingerprint density at radius 1 is 0.600 bits per heavy atom. The summed E-state index contributed by atoms with van der Waals surface area (Å²) in [5.41, 5.74) is 3.79. The fourth-order valence-electron chi connectivity index (χ4n) is 4.60. The zero-order valence-electron chi connectivity index (χ0n) is 18.9. The maximum atomic E-state index is 6.13. The quantitative estimate of drug-likeness (QED) is 0.233. The fourth-order valence-corrected chi connectivity index (χ4v) is 4.77. The van der Waals surface area contributed by atoms with Gasteiger partial charge in [0.15, 0.2) is 0 Å². The van der Waals surface area contributed by atoms with Gasteiger partial charge in [-0.25, -0.2) is 0 Å². The molecule has 0 spiro atoms. The van der Waals surface area contributed by atoms with Gasteiger partial charge in [-0.15, -0.1) is 0 Å². The molecule has 3 aromatic rings. The van der Waals surface area contributed by atoms with Crippen molar-refractivity contribution >= 4 is 33.4 Å². The van der Waals surface area contributed by atoms with E-state index in [2.05, 4.69) is 36.2 Å². The highest BCUT2D eigenvalue weighted by Crippen LogP contribution is 2.28. The highest BCUT2D eigenvalue weighted by molar-refractivity contribution is 6.31. The van der Waals surface area contributed by atoms with Crippen molar-refractivity contribution in [3.63, 3.8) is 0 Å². The largest absolute Gasteiger partial charge is 0.354 e. The van der Waals surface area contributed by atoms with Crippen LogP contribution in [-0.4, -0.2) is 4.98 Å². The highest BCUT2D eigenvalue weighted by atomic mass is 35.5. The van der Waals surface area contributed by atoms with Crippen molar-refractivity contribution in [3.05, 3.63) is 47.0 Å². The number of unbranched alkanes of at least 4 members (excludes halogenated alkanes) is 13. The van der Waals surface area contributed by atoms with E-state index in [0.29, 0.717) is 0 Å². The van der Waals surface area contributed by atoms with Crippen molar-refractivity contribution < 1.29 is 0 Å². The minimum absolute atomic E-state index is 0.789. The molecule has 0 fully saturated rings. The summed E-state index contributed by atoms with van der Waals surface area (Å²) in [5.74, 6) is 0. The topological polar surface area (TPSA) is 15.8 Å². The molecule has 0 atom stereocenters. The van der Waals surface area contributed by atoms with E-state index in [4.69, 9.17) is 11.6 Å². The van der Waals surface area contributed by atoms with Gasteiger partial charge in [-0.05, 0) is 42.7 Å². The van der Waals surface area contributed by atoms with Crippen LogP contribution in [0.2, 0.25) is 5.02 Å². The molecule has 0 bridgehead atoms. The number of benzene rings is 2. The highest BCUT2D eigenvalue weighted by Gasteiger charge is 2.06. The molecule has 1 aromatic heterocycles. The molecule has 1 heterocycles. The van der Waals surface area contributed by atoms with Gasteiger partial charge in [0.25, 0.3) is 0 Å². The predicted octanol–water partition coefficient (Wildman–Crippen LogP) is 10.00. The molecular weight excluding hydrogens is 386 g/mol. The third-order valence-electron chi connectivity index (χ3n) is 6.44. The first kappa shape index (κ1) is 23.2. The molecule has 2 aromatic carbocycles. The van der Waals surface area contributed by atoms with Crippen LogP contribution in [-0.2, 0) is 6.42 Å². The van der Waals surface area contributed by atoms with Gasteiger partial charge in [-0.1, -0.05) is 114 Å². The minimum atomic E-state index is 0.789. The van der Waals surface area contributed by atoms with Crippen LogP contribution in [0.5, 0.6) is 0 Å². The van der Waals surface area contributed by atoms with Crippen molar-refractivity contribution in [3.8, 4) is 0 Å². The maximum Gasteiger partial charge on any atom is 0.0479 e. The molecule has 0 radical (unpaired) electrons. The molecule has 3 rings (SSSR count). The number of hydrogen-bond acceptors (Lipinski definition) is 0. The number of rotatable bonds is 15. The van der Waals surface area contributed by atoms with E-state index in [1.165, 1.54) is 118 Å². The van der Waals surface area contributed by atoms with Crippen molar-refractivity contribution in [2.45, 2.75) is 103 Å². The standard InChI is InChI=1S/C28H40ClN/c1-2-3-4-5-6-7-8-9-10-11-12-13-14-15-16-23-17-20-27-26(21-23)25-19-18-24(29)22-28(25)30-27/h17-22,30H,2-16H2,1H3.